The molecule has 0 saturated carbocycles. The molecule has 0 spiro atoms. The van der Waals surface area contributed by atoms with Crippen LogP contribution in [0.5, 0.6) is 0 Å². The molecule has 0 aromatic carbocycles. The van der Waals surface area contributed by atoms with E-state index in [4.69, 9.17) is 0 Å². The standard InChI is InChI=1S/C9H16N4O/c1-4-5-9(2,3)12-8(14)7-10-6-11-13-7/h6H,4-5H2,1-3H3,(H,12,14)(H,10,11,13). The fourth-order valence-electron chi connectivity index (χ4n) is 1.37. The smallest absolute Gasteiger partial charge is 0.289 e. The van der Waals surface area contributed by atoms with Crippen molar-refractivity contribution < 1.29 is 4.79 Å². The molecule has 0 aliphatic carbocycles. The molecule has 14 heavy (non-hydrogen) atoms. The van der Waals surface area contributed by atoms with Crippen molar-refractivity contribution in [1.29, 1.82) is 0 Å². The molecule has 0 unspecified atom stereocenters. The van der Waals surface area contributed by atoms with Gasteiger partial charge < -0.3 is 5.32 Å². The first-order valence-electron chi connectivity index (χ1n) is 4.73. The summed E-state index contributed by atoms with van der Waals surface area (Å²) in [5.41, 5.74) is -0.196. The van der Waals surface area contributed by atoms with Gasteiger partial charge >= 0.3 is 0 Å². The molecular formula is C9H16N4O. The predicted molar refractivity (Wildman–Crippen MR) is 52.8 cm³/mol. The SMILES string of the molecule is CCCC(C)(C)NC(=O)c1ncn[nH]1. The molecule has 0 aliphatic rings. The maximum atomic E-state index is 11.6. The minimum atomic E-state index is -0.207. The Hall–Kier alpha value is -1.39. The molecule has 5 nitrogen and oxygen atoms in total. The third kappa shape index (κ3) is 2.83. The molecule has 1 aromatic rings. The normalized spacial score (nSPS) is 11.4. The van der Waals surface area contributed by atoms with Crippen molar-refractivity contribution in [2.75, 3.05) is 0 Å². The Balaban J connectivity index is 2.57. The number of nitrogens with one attached hydrogen (secondary N) is 2. The number of amides is 1. The van der Waals surface area contributed by atoms with Crippen molar-refractivity contribution in [3.8, 4) is 0 Å². The van der Waals surface area contributed by atoms with Crippen LogP contribution in [-0.2, 0) is 0 Å². The van der Waals surface area contributed by atoms with Crippen molar-refractivity contribution in [2.45, 2.75) is 39.2 Å². The van der Waals surface area contributed by atoms with Crippen molar-refractivity contribution in [3.05, 3.63) is 12.2 Å². The lowest BCUT2D eigenvalue weighted by molar-refractivity contribution is 0.0898. The van der Waals surface area contributed by atoms with E-state index in [0.29, 0.717) is 0 Å². The molecule has 0 radical (unpaired) electrons. The summed E-state index contributed by atoms with van der Waals surface area (Å²) in [5, 5.41) is 9.04. The largest absolute Gasteiger partial charge is 0.344 e. The maximum Gasteiger partial charge on any atom is 0.289 e. The Labute approximate surface area is 83.3 Å². The zero-order chi connectivity index (χ0) is 10.6. The number of rotatable bonds is 4. The Morgan fingerprint density at radius 1 is 1.64 bits per heavy atom. The van der Waals surface area contributed by atoms with Crippen molar-refractivity contribution >= 4 is 5.91 Å². The van der Waals surface area contributed by atoms with Gasteiger partial charge in [0, 0.05) is 5.54 Å². The fourth-order valence-corrected chi connectivity index (χ4v) is 1.37. The third-order valence-electron chi connectivity index (χ3n) is 1.96. The lowest BCUT2D eigenvalue weighted by atomic mass is 9.99. The molecule has 0 fully saturated rings. The van der Waals surface area contributed by atoms with Crippen LogP contribution in [0, 0.1) is 0 Å². The number of carbonyl (C=O) groups excluding carboxylic acids is 1. The maximum absolute atomic E-state index is 11.6. The minimum absolute atomic E-state index is 0.196. The first-order chi connectivity index (χ1) is 6.55. The third-order valence-corrected chi connectivity index (χ3v) is 1.96. The summed E-state index contributed by atoms with van der Waals surface area (Å²) in [7, 11) is 0. The van der Waals surface area contributed by atoms with Crippen LogP contribution in [0.2, 0.25) is 0 Å². The zero-order valence-corrected chi connectivity index (χ0v) is 8.79. The van der Waals surface area contributed by atoms with Gasteiger partial charge in [0.05, 0.1) is 0 Å². The summed E-state index contributed by atoms with van der Waals surface area (Å²) < 4.78 is 0. The lowest BCUT2D eigenvalue weighted by Gasteiger charge is -2.24. The zero-order valence-electron chi connectivity index (χ0n) is 8.79. The number of aromatic amines is 1. The summed E-state index contributed by atoms with van der Waals surface area (Å²) in [4.78, 5) is 15.3. The number of aromatic nitrogens is 3. The predicted octanol–water partition coefficient (Wildman–Crippen LogP) is 1.11. The number of nitrogens with zero attached hydrogens (tertiary/aromatic N) is 2. The van der Waals surface area contributed by atoms with Gasteiger partial charge in [0.25, 0.3) is 5.91 Å². The number of carbonyl (C=O) groups is 1. The Morgan fingerprint density at radius 2 is 2.36 bits per heavy atom. The van der Waals surface area contributed by atoms with Crippen LogP contribution >= 0.6 is 0 Å². The van der Waals surface area contributed by atoms with Gasteiger partial charge in [0.15, 0.2) is 0 Å². The summed E-state index contributed by atoms with van der Waals surface area (Å²) in [6.07, 6.45) is 3.29. The van der Waals surface area contributed by atoms with E-state index in [1.54, 1.807) is 0 Å². The number of H-pyrrole nitrogens is 1. The molecule has 2 N–H and O–H groups in total. The first-order valence-corrected chi connectivity index (χ1v) is 4.73. The van der Waals surface area contributed by atoms with Gasteiger partial charge in [-0.2, -0.15) is 5.10 Å². The Morgan fingerprint density at radius 3 is 2.86 bits per heavy atom. The van der Waals surface area contributed by atoms with E-state index in [2.05, 4.69) is 27.4 Å². The van der Waals surface area contributed by atoms with E-state index in [0.717, 1.165) is 12.8 Å². The van der Waals surface area contributed by atoms with Crippen LogP contribution in [0.4, 0.5) is 0 Å². The van der Waals surface area contributed by atoms with E-state index in [1.807, 2.05) is 13.8 Å². The topological polar surface area (TPSA) is 70.7 Å². The summed E-state index contributed by atoms with van der Waals surface area (Å²) in [5.74, 6) is 0.0510. The molecule has 0 atom stereocenters. The van der Waals surface area contributed by atoms with Crippen LogP contribution in [0.3, 0.4) is 0 Å². The monoisotopic (exact) mass is 196 g/mol. The molecule has 0 bridgehead atoms. The second kappa shape index (κ2) is 4.21. The first kappa shape index (κ1) is 10.7. The van der Waals surface area contributed by atoms with E-state index >= 15 is 0 Å². The van der Waals surface area contributed by atoms with Crippen LogP contribution in [0.15, 0.2) is 6.33 Å². The van der Waals surface area contributed by atoms with Crippen LogP contribution in [-0.4, -0.2) is 26.6 Å². The molecule has 0 saturated heterocycles. The molecule has 1 amide bonds. The van der Waals surface area contributed by atoms with Crippen LogP contribution < -0.4 is 5.32 Å². The van der Waals surface area contributed by atoms with Gasteiger partial charge in [-0.3, -0.25) is 9.89 Å². The molecule has 1 heterocycles. The highest BCUT2D eigenvalue weighted by Crippen LogP contribution is 2.10. The highest BCUT2D eigenvalue weighted by atomic mass is 16.2. The molecule has 5 heteroatoms. The number of hydrogen-bond acceptors (Lipinski definition) is 3. The molecular weight excluding hydrogens is 180 g/mol. The van der Waals surface area contributed by atoms with Gasteiger partial charge in [0.1, 0.15) is 6.33 Å². The Kier molecular flexibility index (Phi) is 3.22. The van der Waals surface area contributed by atoms with Crippen LogP contribution in [0.25, 0.3) is 0 Å². The van der Waals surface area contributed by atoms with Gasteiger partial charge in [-0.1, -0.05) is 13.3 Å². The van der Waals surface area contributed by atoms with Gasteiger partial charge in [0.2, 0.25) is 5.82 Å². The molecule has 1 rings (SSSR count). The number of hydrogen-bond donors (Lipinski definition) is 2. The fraction of sp³-hybridized carbons (Fsp3) is 0.667. The van der Waals surface area contributed by atoms with E-state index in [9.17, 15) is 4.79 Å². The van der Waals surface area contributed by atoms with E-state index < -0.39 is 0 Å². The summed E-state index contributed by atoms with van der Waals surface area (Å²) in [6, 6.07) is 0. The quantitative estimate of drug-likeness (QED) is 0.757. The lowest BCUT2D eigenvalue weighted by Crippen LogP contribution is -2.43. The molecule has 78 valence electrons. The van der Waals surface area contributed by atoms with Gasteiger partial charge in [-0.05, 0) is 20.3 Å². The van der Waals surface area contributed by atoms with Gasteiger partial charge in [-0.25, -0.2) is 4.98 Å². The molecule has 1 aromatic heterocycles. The summed E-state index contributed by atoms with van der Waals surface area (Å²) >= 11 is 0. The molecule has 0 aliphatic heterocycles. The van der Waals surface area contributed by atoms with Crippen LogP contribution in [0.1, 0.15) is 44.2 Å². The second-order valence-electron chi connectivity index (χ2n) is 3.92. The highest BCUT2D eigenvalue weighted by Gasteiger charge is 2.21. The average molecular weight is 196 g/mol. The van der Waals surface area contributed by atoms with E-state index in [-0.39, 0.29) is 17.3 Å². The van der Waals surface area contributed by atoms with Gasteiger partial charge in [-0.15, -0.1) is 0 Å². The highest BCUT2D eigenvalue weighted by molar-refractivity contribution is 5.90. The minimum Gasteiger partial charge on any atom is -0.344 e. The van der Waals surface area contributed by atoms with Crippen molar-refractivity contribution in [2.24, 2.45) is 0 Å². The summed E-state index contributed by atoms with van der Waals surface area (Å²) in [6.45, 7) is 6.07. The van der Waals surface area contributed by atoms with E-state index in [1.165, 1.54) is 6.33 Å². The van der Waals surface area contributed by atoms with Crippen molar-refractivity contribution in [3.63, 3.8) is 0 Å². The average Bonchev–Trinajstić information content (AvgIpc) is 2.53. The second-order valence-corrected chi connectivity index (χ2v) is 3.92. The van der Waals surface area contributed by atoms with Crippen molar-refractivity contribution in [1.82, 2.24) is 20.5 Å². The Bertz CT molecular complexity index is 292.